The topological polar surface area (TPSA) is 74.9 Å². The lowest BCUT2D eigenvalue weighted by molar-refractivity contribution is -0.116. The van der Waals surface area contributed by atoms with Crippen molar-refractivity contribution in [3.63, 3.8) is 0 Å². The Balaban J connectivity index is 1.89. The van der Waals surface area contributed by atoms with Gasteiger partial charge < -0.3 is 5.32 Å². The molecular formula is C27H21N3O2S. The Hall–Kier alpha value is -4.21. The number of nitrogens with zero attached hydrogens (tertiary/aromatic N) is 2. The van der Waals surface area contributed by atoms with E-state index in [9.17, 15) is 14.9 Å². The molecule has 0 spiro atoms. The number of thiazole rings is 1. The van der Waals surface area contributed by atoms with Crippen molar-refractivity contribution in [1.82, 2.24) is 9.88 Å². The van der Waals surface area contributed by atoms with Crippen LogP contribution >= 0.6 is 11.3 Å². The van der Waals surface area contributed by atoms with Crippen molar-refractivity contribution in [2.75, 3.05) is 0 Å². The largest absolute Gasteiger partial charge is 0.345 e. The Morgan fingerprint density at radius 1 is 0.970 bits per heavy atom. The highest BCUT2D eigenvalue weighted by Gasteiger charge is 2.19. The van der Waals surface area contributed by atoms with Crippen LogP contribution in [0.2, 0.25) is 0 Å². The highest BCUT2D eigenvalue weighted by atomic mass is 32.1. The zero-order valence-electron chi connectivity index (χ0n) is 17.9. The molecule has 1 atom stereocenters. The van der Waals surface area contributed by atoms with E-state index >= 15 is 0 Å². The first-order chi connectivity index (χ1) is 16.1. The van der Waals surface area contributed by atoms with E-state index in [4.69, 9.17) is 0 Å². The number of nitrogens with one attached hydrogen (secondary N) is 1. The van der Waals surface area contributed by atoms with Crippen molar-refractivity contribution >= 4 is 28.9 Å². The van der Waals surface area contributed by atoms with E-state index in [0.717, 1.165) is 22.5 Å². The highest BCUT2D eigenvalue weighted by Crippen LogP contribution is 2.12. The number of benzene rings is 3. The minimum atomic E-state index is -0.522. The van der Waals surface area contributed by atoms with Crippen LogP contribution in [0.1, 0.15) is 24.1 Å². The van der Waals surface area contributed by atoms with Gasteiger partial charge in [0.05, 0.1) is 16.3 Å². The van der Waals surface area contributed by atoms with Gasteiger partial charge in [0.15, 0.2) is 5.57 Å². The van der Waals surface area contributed by atoms with E-state index in [2.05, 4.69) is 5.32 Å². The minimum absolute atomic E-state index is 0.101. The summed E-state index contributed by atoms with van der Waals surface area (Å²) in [7, 11) is 0. The second kappa shape index (κ2) is 9.94. The van der Waals surface area contributed by atoms with Crippen LogP contribution < -0.4 is 20.1 Å². The molecule has 1 aromatic heterocycles. The van der Waals surface area contributed by atoms with Crippen molar-refractivity contribution in [1.29, 1.82) is 5.26 Å². The molecule has 162 valence electrons. The highest BCUT2D eigenvalue weighted by molar-refractivity contribution is 7.07. The molecule has 1 N–H and O–H groups in total. The third kappa shape index (κ3) is 4.84. The molecule has 0 aliphatic carbocycles. The fourth-order valence-electron chi connectivity index (χ4n) is 3.45. The van der Waals surface area contributed by atoms with Crippen LogP contribution in [0.5, 0.6) is 0 Å². The third-order valence-electron chi connectivity index (χ3n) is 5.14. The first-order valence-electron chi connectivity index (χ1n) is 10.4. The van der Waals surface area contributed by atoms with Crippen LogP contribution in [0.15, 0.2) is 95.8 Å². The standard InChI is InChI=1S/C27H21N3O2S/c1-19(21-13-7-3-8-14-21)29-25(31)23(18-28)27-30(22-15-9-4-10-16-22)26(32)24(33-27)17-20-11-5-2-6-12-20/h2-17,19H,1H3,(H,29,31)/b24-17+,27-23+/t19-/m0/s1. The number of para-hydroxylation sites is 1. The van der Waals surface area contributed by atoms with Crippen molar-refractivity contribution in [2.45, 2.75) is 13.0 Å². The maximum Gasteiger partial charge on any atom is 0.273 e. The zero-order valence-corrected chi connectivity index (χ0v) is 18.8. The summed E-state index contributed by atoms with van der Waals surface area (Å²) in [6.07, 6.45) is 1.77. The zero-order chi connectivity index (χ0) is 23.2. The minimum Gasteiger partial charge on any atom is -0.345 e. The van der Waals surface area contributed by atoms with Crippen LogP contribution in [0.4, 0.5) is 0 Å². The molecule has 6 heteroatoms. The molecule has 1 heterocycles. The summed E-state index contributed by atoms with van der Waals surface area (Å²) in [6, 6.07) is 29.8. The SMILES string of the molecule is C[C@H](NC(=O)/C(C#N)=c1/s/c(=C/c2ccccc2)c(=O)n1-c1ccccc1)c1ccccc1. The van der Waals surface area contributed by atoms with Gasteiger partial charge in [0.1, 0.15) is 10.7 Å². The Kier molecular flexibility index (Phi) is 6.63. The van der Waals surface area contributed by atoms with Crippen LogP contribution in [-0.4, -0.2) is 10.5 Å². The molecule has 0 unspecified atom stereocenters. The molecule has 0 saturated heterocycles. The number of rotatable bonds is 5. The number of hydrogen-bond acceptors (Lipinski definition) is 4. The lowest BCUT2D eigenvalue weighted by Crippen LogP contribution is -2.34. The predicted molar refractivity (Wildman–Crippen MR) is 131 cm³/mol. The molecule has 0 aliphatic heterocycles. The van der Waals surface area contributed by atoms with Crippen molar-refractivity contribution < 1.29 is 4.79 Å². The van der Waals surface area contributed by atoms with Gasteiger partial charge in [0.2, 0.25) is 0 Å². The maximum absolute atomic E-state index is 13.4. The van der Waals surface area contributed by atoms with Crippen LogP contribution in [0, 0.1) is 11.3 Å². The summed E-state index contributed by atoms with van der Waals surface area (Å²) in [6.45, 7) is 1.86. The van der Waals surface area contributed by atoms with E-state index in [1.54, 1.807) is 18.2 Å². The molecule has 1 amide bonds. The van der Waals surface area contributed by atoms with Gasteiger partial charge in [-0.3, -0.25) is 14.2 Å². The molecule has 5 nitrogen and oxygen atoms in total. The van der Waals surface area contributed by atoms with Crippen LogP contribution in [-0.2, 0) is 4.79 Å². The summed E-state index contributed by atoms with van der Waals surface area (Å²) in [4.78, 5) is 26.5. The van der Waals surface area contributed by atoms with Crippen molar-refractivity contribution in [2.24, 2.45) is 0 Å². The van der Waals surface area contributed by atoms with Gasteiger partial charge in [-0.15, -0.1) is 11.3 Å². The average Bonchev–Trinajstić information content (AvgIpc) is 3.16. The molecule has 0 saturated carbocycles. The number of aromatic nitrogens is 1. The van der Waals surface area contributed by atoms with E-state index < -0.39 is 5.91 Å². The number of nitriles is 1. The van der Waals surface area contributed by atoms with Crippen molar-refractivity contribution in [3.05, 3.63) is 122 Å². The van der Waals surface area contributed by atoms with Gasteiger partial charge in [0.25, 0.3) is 11.5 Å². The lowest BCUT2D eigenvalue weighted by atomic mass is 10.1. The predicted octanol–water partition coefficient (Wildman–Crippen LogP) is 3.28. The lowest BCUT2D eigenvalue weighted by Gasteiger charge is -2.13. The Labute approximate surface area is 195 Å². The first-order valence-corrected chi connectivity index (χ1v) is 11.2. The summed E-state index contributed by atoms with van der Waals surface area (Å²) in [5, 5.41) is 12.8. The molecule has 33 heavy (non-hydrogen) atoms. The monoisotopic (exact) mass is 451 g/mol. The van der Waals surface area contributed by atoms with Crippen LogP contribution in [0.25, 0.3) is 17.3 Å². The van der Waals surface area contributed by atoms with Gasteiger partial charge >= 0.3 is 0 Å². The first kappa shape index (κ1) is 22.0. The third-order valence-corrected chi connectivity index (χ3v) is 6.23. The molecule has 3 aromatic carbocycles. The number of hydrogen-bond donors (Lipinski definition) is 1. The summed E-state index contributed by atoms with van der Waals surface area (Å²) < 4.78 is 2.18. The molecule has 4 aromatic rings. The van der Waals surface area contributed by atoms with Gasteiger partial charge in [0, 0.05) is 0 Å². The van der Waals surface area contributed by atoms with Gasteiger partial charge in [-0.25, -0.2) is 0 Å². The fourth-order valence-corrected chi connectivity index (χ4v) is 4.55. The van der Waals surface area contributed by atoms with Gasteiger partial charge in [-0.2, -0.15) is 5.26 Å². The summed E-state index contributed by atoms with van der Waals surface area (Å²) in [5.74, 6) is -0.522. The molecule has 0 aliphatic rings. The van der Waals surface area contributed by atoms with Crippen molar-refractivity contribution in [3.8, 4) is 11.8 Å². The average molecular weight is 452 g/mol. The van der Waals surface area contributed by atoms with E-state index in [1.807, 2.05) is 91.9 Å². The fraction of sp³-hybridized carbons (Fsp3) is 0.0741. The van der Waals surface area contributed by atoms with E-state index in [-0.39, 0.29) is 17.2 Å². The smallest absolute Gasteiger partial charge is 0.273 e. The normalized spacial score (nSPS) is 13.2. The molecule has 4 rings (SSSR count). The second-order valence-electron chi connectivity index (χ2n) is 7.40. The van der Waals surface area contributed by atoms with Gasteiger partial charge in [-0.05, 0) is 36.3 Å². The number of carbonyl (C=O) groups is 1. The molecule has 0 bridgehead atoms. The Morgan fingerprint density at radius 2 is 1.55 bits per heavy atom. The van der Waals surface area contributed by atoms with E-state index in [1.165, 1.54) is 4.57 Å². The Bertz CT molecular complexity index is 1480. The van der Waals surface area contributed by atoms with Crippen LogP contribution in [0.3, 0.4) is 0 Å². The quantitative estimate of drug-likeness (QED) is 0.506. The molecule has 0 radical (unpaired) electrons. The Morgan fingerprint density at radius 3 is 2.15 bits per heavy atom. The van der Waals surface area contributed by atoms with Gasteiger partial charge in [-0.1, -0.05) is 78.9 Å². The number of carbonyl (C=O) groups excluding carboxylic acids is 1. The summed E-state index contributed by atoms with van der Waals surface area (Å²) >= 11 is 1.13. The molecular weight excluding hydrogens is 430 g/mol. The maximum atomic E-state index is 13.4. The van der Waals surface area contributed by atoms with E-state index in [0.29, 0.717) is 14.9 Å². The number of amides is 1. The second-order valence-corrected chi connectivity index (χ2v) is 8.43. The summed E-state index contributed by atoms with van der Waals surface area (Å²) in [5.41, 5.74) is 2.01. The molecule has 0 fully saturated rings.